The summed E-state index contributed by atoms with van der Waals surface area (Å²) in [6, 6.07) is 5.17. The van der Waals surface area contributed by atoms with Crippen molar-refractivity contribution in [3.63, 3.8) is 0 Å². The van der Waals surface area contributed by atoms with Gasteiger partial charge in [0, 0.05) is 6.07 Å². The van der Waals surface area contributed by atoms with E-state index in [9.17, 15) is 24.5 Å². The lowest BCUT2D eigenvalue weighted by Crippen LogP contribution is -2.12. The number of nitro groups is 1. The Bertz CT molecular complexity index is 803. The number of rotatable bonds is 4. The number of esters is 1. The van der Waals surface area contributed by atoms with Crippen LogP contribution in [0.5, 0.6) is 0 Å². The molecule has 0 atom stereocenters. The number of carbonyl (C=O) groups is 2. The van der Waals surface area contributed by atoms with Crippen molar-refractivity contribution in [1.82, 2.24) is 4.74 Å². The zero-order chi connectivity index (χ0) is 16.3. The molecular formula is C13H10N2O7. The third kappa shape index (κ3) is 2.77. The highest BCUT2D eigenvalue weighted by Crippen LogP contribution is 2.18. The maximum Gasteiger partial charge on any atom is 0.372 e. The summed E-state index contributed by atoms with van der Waals surface area (Å²) < 4.78 is 9.73. The molecule has 0 aliphatic heterocycles. The Kier molecular flexibility index (Phi) is 4.16. The first-order valence-corrected chi connectivity index (χ1v) is 6.14. The molecule has 0 bridgehead atoms. The van der Waals surface area contributed by atoms with Crippen LogP contribution in [0, 0.1) is 10.1 Å². The van der Waals surface area contributed by atoms with Gasteiger partial charge in [-0.1, -0.05) is 12.1 Å². The normalized spacial score (nSPS) is 10.2. The van der Waals surface area contributed by atoms with Gasteiger partial charge in [-0.15, -0.1) is 4.74 Å². The molecule has 1 aromatic carbocycles. The lowest BCUT2D eigenvalue weighted by Gasteiger charge is -2.00. The standard InChI is InChI=1S/C13H10N2O7/c1-2-21-12(17)9-7-14(22-13(9)18)11(16)8-5-3-4-6-10(8)15(19)20/h3-7H,2H2,1H3. The van der Waals surface area contributed by atoms with E-state index in [-0.39, 0.29) is 12.2 Å². The van der Waals surface area contributed by atoms with Crippen molar-refractivity contribution in [2.45, 2.75) is 6.92 Å². The van der Waals surface area contributed by atoms with Gasteiger partial charge in [-0.3, -0.25) is 14.9 Å². The Balaban J connectivity index is 2.44. The van der Waals surface area contributed by atoms with E-state index in [2.05, 4.69) is 9.26 Å². The van der Waals surface area contributed by atoms with Crippen LogP contribution in [0.3, 0.4) is 0 Å². The minimum absolute atomic E-state index is 0.0432. The Morgan fingerprint density at radius 3 is 2.64 bits per heavy atom. The molecule has 114 valence electrons. The number of nitro benzene ring substituents is 1. The van der Waals surface area contributed by atoms with Crippen molar-refractivity contribution in [2.24, 2.45) is 0 Å². The van der Waals surface area contributed by atoms with Crippen molar-refractivity contribution in [2.75, 3.05) is 6.61 Å². The van der Waals surface area contributed by atoms with Gasteiger partial charge in [0.2, 0.25) is 0 Å². The number of aromatic nitrogens is 1. The summed E-state index contributed by atoms with van der Waals surface area (Å²) in [7, 11) is 0. The highest BCUT2D eigenvalue weighted by atomic mass is 16.6. The van der Waals surface area contributed by atoms with Gasteiger partial charge >= 0.3 is 11.6 Å². The van der Waals surface area contributed by atoms with Gasteiger partial charge in [-0.2, -0.15) is 0 Å². The van der Waals surface area contributed by atoms with E-state index in [1.807, 2.05) is 0 Å². The highest BCUT2D eigenvalue weighted by Gasteiger charge is 2.25. The smallest absolute Gasteiger partial charge is 0.372 e. The molecule has 0 amide bonds. The number of benzene rings is 1. The van der Waals surface area contributed by atoms with Crippen LogP contribution in [-0.4, -0.2) is 28.1 Å². The molecule has 22 heavy (non-hydrogen) atoms. The second kappa shape index (κ2) is 6.04. The molecule has 1 heterocycles. The maximum absolute atomic E-state index is 12.2. The molecule has 0 aliphatic rings. The predicted octanol–water partition coefficient (Wildman–Crippen LogP) is 1.21. The fourth-order valence-electron chi connectivity index (χ4n) is 1.71. The van der Waals surface area contributed by atoms with Crippen LogP contribution in [0.2, 0.25) is 0 Å². The zero-order valence-electron chi connectivity index (χ0n) is 11.3. The molecule has 9 nitrogen and oxygen atoms in total. The van der Waals surface area contributed by atoms with Gasteiger partial charge in [-0.25, -0.2) is 9.59 Å². The summed E-state index contributed by atoms with van der Waals surface area (Å²) in [5.41, 5.74) is -2.25. The molecule has 0 radical (unpaired) electrons. The van der Waals surface area contributed by atoms with E-state index in [1.165, 1.54) is 18.2 Å². The lowest BCUT2D eigenvalue weighted by molar-refractivity contribution is -0.385. The van der Waals surface area contributed by atoms with Crippen LogP contribution in [-0.2, 0) is 4.74 Å². The largest absolute Gasteiger partial charge is 0.462 e. The van der Waals surface area contributed by atoms with Crippen LogP contribution in [0.15, 0.2) is 39.8 Å². The number of hydrogen-bond donors (Lipinski definition) is 0. The van der Waals surface area contributed by atoms with E-state index >= 15 is 0 Å². The quantitative estimate of drug-likeness (QED) is 0.472. The summed E-state index contributed by atoms with van der Waals surface area (Å²) in [5, 5.41) is 10.9. The second-order valence-corrected chi connectivity index (χ2v) is 4.05. The van der Waals surface area contributed by atoms with Crippen molar-refractivity contribution < 1.29 is 23.8 Å². The van der Waals surface area contributed by atoms with Crippen LogP contribution >= 0.6 is 0 Å². The topological polar surface area (TPSA) is 122 Å². The molecule has 0 saturated carbocycles. The fourth-order valence-corrected chi connectivity index (χ4v) is 1.71. The first-order valence-electron chi connectivity index (χ1n) is 6.14. The first-order chi connectivity index (χ1) is 10.5. The van der Waals surface area contributed by atoms with E-state index in [1.54, 1.807) is 6.92 Å². The summed E-state index contributed by atoms with van der Waals surface area (Å²) in [5.74, 6) is -1.88. The van der Waals surface area contributed by atoms with Crippen molar-refractivity contribution in [1.29, 1.82) is 0 Å². The van der Waals surface area contributed by atoms with E-state index in [0.717, 1.165) is 12.3 Å². The summed E-state index contributed by atoms with van der Waals surface area (Å²) in [6.07, 6.45) is 0.847. The van der Waals surface area contributed by atoms with Gasteiger partial charge in [0.1, 0.15) is 5.56 Å². The SMILES string of the molecule is CCOC(=O)c1cn(C(=O)c2ccccc2[N+](=O)[O-])oc1=O. The number of ether oxygens (including phenoxy) is 1. The number of carbonyl (C=O) groups excluding carboxylic acids is 2. The minimum atomic E-state index is -1.06. The Morgan fingerprint density at radius 2 is 2.00 bits per heavy atom. The molecule has 0 saturated heterocycles. The van der Waals surface area contributed by atoms with Crippen LogP contribution in [0.25, 0.3) is 0 Å². The Hall–Kier alpha value is -3.23. The van der Waals surface area contributed by atoms with Gasteiger partial charge in [-0.05, 0) is 13.0 Å². The summed E-state index contributed by atoms with van der Waals surface area (Å²) in [6.45, 7) is 1.59. The molecule has 9 heteroatoms. The van der Waals surface area contributed by atoms with Crippen LogP contribution in [0.4, 0.5) is 5.69 Å². The number of para-hydroxylation sites is 1. The minimum Gasteiger partial charge on any atom is -0.462 e. The van der Waals surface area contributed by atoms with Gasteiger partial charge < -0.3 is 9.26 Å². The van der Waals surface area contributed by atoms with Crippen molar-refractivity contribution in [3.8, 4) is 0 Å². The highest BCUT2D eigenvalue weighted by molar-refractivity contribution is 5.99. The molecule has 1 aromatic heterocycles. The lowest BCUT2D eigenvalue weighted by atomic mass is 10.1. The fraction of sp³-hybridized carbons (Fsp3) is 0.154. The van der Waals surface area contributed by atoms with E-state index in [0.29, 0.717) is 4.74 Å². The molecule has 0 spiro atoms. The van der Waals surface area contributed by atoms with E-state index in [4.69, 9.17) is 0 Å². The molecule has 0 N–H and O–H groups in total. The van der Waals surface area contributed by atoms with Gasteiger partial charge in [0.15, 0.2) is 5.56 Å². The maximum atomic E-state index is 12.2. The zero-order valence-corrected chi connectivity index (χ0v) is 11.3. The molecule has 0 fully saturated rings. The third-order valence-corrected chi connectivity index (χ3v) is 2.67. The predicted molar refractivity (Wildman–Crippen MR) is 71.7 cm³/mol. The summed E-state index contributed by atoms with van der Waals surface area (Å²) >= 11 is 0. The van der Waals surface area contributed by atoms with Crippen molar-refractivity contribution >= 4 is 17.6 Å². The van der Waals surface area contributed by atoms with E-state index < -0.39 is 33.7 Å². The molecule has 2 rings (SSSR count). The van der Waals surface area contributed by atoms with Gasteiger partial charge in [0.05, 0.1) is 17.7 Å². The first kappa shape index (κ1) is 15.2. The van der Waals surface area contributed by atoms with Crippen molar-refractivity contribution in [3.05, 3.63) is 62.1 Å². The molecular weight excluding hydrogens is 296 g/mol. The number of hydrogen-bond acceptors (Lipinski definition) is 7. The molecule has 0 unspecified atom stereocenters. The average molecular weight is 306 g/mol. The monoisotopic (exact) mass is 306 g/mol. The van der Waals surface area contributed by atoms with Gasteiger partial charge in [0.25, 0.3) is 11.6 Å². The number of nitrogens with zero attached hydrogens (tertiary/aromatic N) is 2. The Labute approximate surface area is 122 Å². The van der Waals surface area contributed by atoms with Crippen LogP contribution < -0.4 is 5.63 Å². The molecule has 0 aliphatic carbocycles. The third-order valence-electron chi connectivity index (χ3n) is 2.67. The molecule has 2 aromatic rings. The Morgan fingerprint density at radius 1 is 1.32 bits per heavy atom. The average Bonchev–Trinajstić information content (AvgIpc) is 2.88. The van der Waals surface area contributed by atoms with Crippen LogP contribution in [0.1, 0.15) is 27.6 Å². The summed E-state index contributed by atoms with van der Waals surface area (Å²) in [4.78, 5) is 45.4. The second-order valence-electron chi connectivity index (χ2n) is 4.05.